The first kappa shape index (κ1) is 16.7. The number of hydrogen-bond donors (Lipinski definition) is 2. The predicted molar refractivity (Wildman–Crippen MR) is 82.3 cm³/mol. The van der Waals surface area contributed by atoms with Gasteiger partial charge in [0, 0.05) is 25.1 Å². The van der Waals surface area contributed by atoms with Gasteiger partial charge >= 0.3 is 0 Å². The number of hydrogen-bond acceptors (Lipinski definition) is 3. The molecule has 0 radical (unpaired) electrons. The topological polar surface area (TPSA) is 43.7 Å². The van der Waals surface area contributed by atoms with Gasteiger partial charge in [0.1, 0.15) is 0 Å². The number of aliphatic hydroxyl groups is 2. The van der Waals surface area contributed by atoms with E-state index in [2.05, 4.69) is 35.9 Å². The highest BCUT2D eigenvalue weighted by Crippen LogP contribution is 2.08. The molecule has 0 aliphatic carbocycles. The van der Waals surface area contributed by atoms with Gasteiger partial charge in [-0.15, -0.1) is 0 Å². The number of aliphatic hydroxyl groups excluding tert-OH is 2. The highest BCUT2D eigenvalue weighted by atomic mass is 16.3. The van der Waals surface area contributed by atoms with E-state index in [1.165, 1.54) is 5.56 Å². The lowest BCUT2D eigenvalue weighted by Gasteiger charge is -2.16. The molecule has 2 N–H and O–H groups in total. The highest BCUT2D eigenvalue weighted by Gasteiger charge is 2.00. The van der Waals surface area contributed by atoms with Crippen molar-refractivity contribution in [1.29, 1.82) is 0 Å². The van der Waals surface area contributed by atoms with E-state index in [9.17, 15) is 0 Å². The summed E-state index contributed by atoms with van der Waals surface area (Å²) in [6.07, 6.45) is 3.61. The smallest absolute Gasteiger partial charge is 0.0540 e. The number of unbranched alkanes of at least 4 members (excludes halogenated alkanes) is 2. The van der Waals surface area contributed by atoms with Crippen LogP contribution in [-0.2, 0) is 6.54 Å². The monoisotopic (exact) mass is 275 g/mol. The SMILES string of the molecule is CN(CCCCCO)Cc1cccc(C#CCCO)c1. The molecule has 1 aromatic rings. The van der Waals surface area contributed by atoms with Crippen LogP contribution in [0.4, 0.5) is 0 Å². The maximum atomic E-state index is 8.74. The average Bonchev–Trinajstić information content (AvgIpc) is 2.44. The second kappa shape index (κ2) is 10.4. The molecule has 0 aliphatic heterocycles. The van der Waals surface area contributed by atoms with Crippen molar-refractivity contribution < 1.29 is 10.2 Å². The maximum absolute atomic E-state index is 8.74. The van der Waals surface area contributed by atoms with E-state index < -0.39 is 0 Å². The molecule has 110 valence electrons. The van der Waals surface area contributed by atoms with Gasteiger partial charge in [-0.2, -0.15) is 0 Å². The van der Waals surface area contributed by atoms with E-state index in [-0.39, 0.29) is 13.2 Å². The van der Waals surface area contributed by atoms with Gasteiger partial charge in [0.2, 0.25) is 0 Å². The normalized spacial score (nSPS) is 10.4. The maximum Gasteiger partial charge on any atom is 0.0540 e. The Balaban J connectivity index is 2.43. The van der Waals surface area contributed by atoms with Crippen molar-refractivity contribution in [2.45, 2.75) is 32.2 Å². The Labute approximate surface area is 122 Å². The Morgan fingerprint density at radius 2 is 1.95 bits per heavy atom. The van der Waals surface area contributed by atoms with Crippen molar-refractivity contribution >= 4 is 0 Å². The summed E-state index contributed by atoms with van der Waals surface area (Å²) in [5, 5.41) is 17.5. The summed E-state index contributed by atoms with van der Waals surface area (Å²) in [5.41, 5.74) is 2.26. The summed E-state index contributed by atoms with van der Waals surface area (Å²) in [4.78, 5) is 2.29. The lowest BCUT2D eigenvalue weighted by molar-refractivity contribution is 0.271. The summed E-state index contributed by atoms with van der Waals surface area (Å²) in [7, 11) is 2.11. The fourth-order valence-electron chi connectivity index (χ4n) is 2.03. The molecule has 0 saturated heterocycles. The molecular weight excluding hydrogens is 250 g/mol. The highest BCUT2D eigenvalue weighted by molar-refractivity contribution is 5.37. The Hall–Kier alpha value is -1.34. The van der Waals surface area contributed by atoms with E-state index in [1.807, 2.05) is 12.1 Å². The molecule has 3 heteroatoms. The van der Waals surface area contributed by atoms with Gasteiger partial charge in [0.05, 0.1) is 6.61 Å². The second-order valence-electron chi connectivity index (χ2n) is 5.00. The van der Waals surface area contributed by atoms with Crippen LogP contribution in [0.5, 0.6) is 0 Å². The van der Waals surface area contributed by atoms with Crippen LogP contribution in [0.1, 0.15) is 36.8 Å². The average molecular weight is 275 g/mol. The van der Waals surface area contributed by atoms with Gasteiger partial charge in [0.25, 0.3) is 0 Å². The Bertz CT molecular complexity index is 434. The van der Waals surface area contributed by atoms with E-state index in [0.717, 1.165) is 37.9 Å². The van der Waals surface area contributed by atoms with Gasteiger partial charge in [-0.3, -0.25) is 0 Å². The molecular formula is C17H25NO2. The number of nitrogens with zero attached hydrogens (tertiary/aromatic N) is 1. The van der Waals surface area contributed by atoms with E-state index in [1.54, 1.807) is 0 Å². The van der Waals surface area contributed by atoms with Crippen LogP contribution in [0.3, 0.4) is 0 Å². The molecule has 0 unspecified atom stereocenters. The van der Waals surface area contributed by atoms with Crippen molar-refractivity contribution in [3.05, 3.63) is 35.4 Å². The fraction of sp³-hybridized carbons (Fsp3) is 0.529. The first-order valence-corrected chi connectivity index (χ1v) is 7.24. The van der Waals surface area contributed by atoms with E-state index in [0.29, 0.717) is 6.42 Å². The van der Waals surface area contributed by atoms with Crippen LogP contribution in [0.2, 0.25) is 0 Å². The van der Waals surface area contributed by atoms with Crippen LogP contribution in [0.25, 0.3) is 0 Å². The van der Waals surface area contributed by atoms with Gasteiger partial charge in [-0.1, -0.05) is 24.0 Å². The van der Waals surface area contributed by atoms with Gasteiger partial charge in [0.15, 0.2) is 0 Å². The summed E-state index contributed by atoms with van der Waals surface area (Å²) in [6, 6.07) is 8.24. The molecule has 3 nitrogen and oxygen atoms in total. The molecule has 1 aromatic carbocycles. The quantitative estimate of drug-likeness (QED) is 0.563. The minimum absolute atomic E-state index is 0.114. The van der Waals surface area contributed by atoms with Gasteiger partial charge < -0.3 is 15.1 Å². The first-order valence-electron chi connectivity index (χ1n) is 7.24. The summed E-state index contributed by atoms with van der Waals surface area (Å²) in [6.45, 7) is 2.36. The van der Waals surface area contributed by atoms with Crippen molar-refractivity contribution in [3.63, 3.8) is 0 Å². The lowest BCUT2D eigenvalue weighted by Crippen LogP contribution is -2.19. The largest absolute Gasteiger partial charge is 0.396 e. The van der Waals surface area contributed by atoms with Crippen LogP contribution < -0.4 is 0 Å². The Morgan fingerprint density at radius 3 is 2.70 bits per heavy atom. The van der Waals surface area contributed by atoms with E-state index in [4.69, 9.17) is 10.2 Å². The summed E-state index contributed by atoms with van der Waals surface area (Å²) < 4.78 is 0. The molecule has 0 amide bonds. The van der Waals surface area contributed by atoms with Crippen LogP contribution in [-0.4, -0.2) is 41.9 Å². The van der Waals surface area contributed by atoms with E-state index >= 15 is 0 Å². The third-order valence-corrected chi connectivity index (χ3v) is 3.05. The fourth-order valence-corrected chi connectivity index (χ4v) is 2.03. The molecule has 0 saturated carbocycles. The van der Waals surface area contributed by atoms with Crippen LogP contribution >= 0.6 is 0 Å². The standard InChI is InChI=1S/C17H25NO2/c1-18(11-4-2-5-12-19)15-17-10-7-9-16(14-17)8-3-6-13-20/h7,9-10,14,19-20H,2,4-6,11-13,15H2,1H3. The molecule has 0 spiro atoms. The zero-order valence-electron chi connectivity index (χ0n) is 12.3. The lowest BCUT2D eigenvalue weighted by atomic mass is 10.1. The van der Waals surface area contributed by atoms with Gasteiger partial charge in [-0.25, -0.2) is 0 Å². The van der Waals surface area contributed by atoms with Crippen LogP contribution in [0, 0.1) is 11.8 Å². The first-order chi connectivity index (χ1) is 9.76. The number of benzene rings is 1. The molecule has 20 heavy (non-hydrogen) atoms. The summed E-state index contributed by atoms with van der Waals surface area (Å²) in [5.74, 6) is 6.01. The minimum atomic E-state index is 0.114. The third kappa shape index (κ3) is 7.30. The molecule has 0 aliphatic rings. The van der Waals surface area contributed by atoms with Crippen LogP contribution in [0.15, 0.2) is 24.3 Å². The number of rotatable bonds is 8. The molecule has 0 heterocycles. The van der Waals surface area contributed by atoms with Crippen molar-refractivity contribution in [2.75, 3.05) is 26.8 Å². The Morgan fingerprint density at radius 1 is 1.10 bits per heavy atom. The minimum Gasteiger partial charge on any atom is -0.396 e. The van der Waals surface area contributed by atoms with Crippen molar-refractivity contribution in [1.82, 2.24) is 4.90 Å². The van der Waals surface area contributed by atoms with Crippen molar-refractivity contribution in [2.24, 2.45) is 0 Å². The van der Waals surface area contributed by atoms with Crippen molar-refractivity contribution in [3.8, 4) is 11.8 Å². The predicted octanol–water partition coefficient (Wildman–Crippen LogP) is 2.01. The zero-order valence-corrected chi connectivity index (χ0v) is 12.3. The molecule has 0 fully saturated rings. The van der Waals surface area contributed by atoms with Gasteiger partial charge in [-0.05, 0) is 50.6 Å². The summed E-state index contributed by atoms with van der Waals surface area (Å²) >= 11 is 0. The molecule has 1 rings (SSSR count). The molecule has 0 aromatic heterocycles. The zero-order chi connectivity index (χ0) is 14.6. The molecule has 0 atom stereocenters. The Kier molecular flexibility index (Phi) is 8.73. The molecule has 0 bridgehead atoms. The second-order valence-corrected chi connectivity index (χ2v) is 5.00. The third-order valence-electron chi connectivity index (χ3n) is 3.05.